The molecular weight excluding hydrogens is 309 g/mol. The second kappa shape index (κ2) is 6.91. The first kappa shape index (κ1) is 16.3. The summed E-state index contributed by atoms with van der Waals surface area (Å²) in [5.41, 5.74) is 1.48. The van der Waals surface area contributed by atoms with Gasteiger partial charge in [-0.2, -0.15) is 0 Å². The summed E-state index contributed by atoms with van der Waals surface area (Å²) in [4.78, 5) is 14.8. The van der Waals surface area contributed by atoms with Crippen molar-refractivity contribution in [3.8, 4) is 11.5 Å². The summed E-state index contributed by atoms with van der Waals surface area (Å²) in [5, 5.41) is 0. The van der Waals surface area contributed by atoms with E-state index < -0.39 is 0 Å². The maximum Gasteiger partial charge on any atom is 0.254 e. The minimum Gasteiger partial charge on any atom is -0.497 e. The Hall–Kier alpha value is -2.56. The summed E-state index contributed by atoms with van der Waals surface area (Å²) in [6, 6.07) is 11.5. The molecule has 2 aromatic rings. The zero-order valence-electron chi connectivity index (χ0n) is 13.8. The molecule has 1 aliphatic rings. The van der Waals surface area contributed by atoms with Crippen molar-refractivity contribution < 1.29 is 18.7 Å². The lowest BCUT2D eigenvalue weighted by molar-refractivity contribution is 0.0735. The lowest BCUT2D eigenvalue weighted by Gasteiger charge is -2.25. The molecule has 1 aliphatic heterocycles. The summed E-state index contributed by atoms with van der Waals surface area (Å²) < 4.78 is 23.6. The van der Waals surface area contributed by atoms with Crippen molar-refractivity contribution in [2.75, 3.05) is 20.8 Å². The fraction of sp³-hybridized carbons (Fsp3) is 0.316. The van der Waals surface area contributed by atoms with Crippen LogP contribution in [-0.2, 0) is 0 Å². The number of ether oxygens (including phenoxy) is 2. The highest BCUT2D eigenvalue weighted by Gasteiger charge is 2.31. The third-order valence-corrected chi connectivity index (χ3v) is 4.37. The standard InChI is InChI=1S/C19H20FNO3/c1-23-16-10-14(11-17(12-16)24-2)19(22)21-9-3-4-18(21)13-5-7-15(20)8-6-13/h5-8,10-12,18H,3-4,9H2,1-2H3/t18-/m1/s1. The first-order valence-electron chi connectivity index (χ1n) is 7.92. The van der Waals surface area contributed by atoms with Crippen LogP contribution in [0.3, 0.4) is 0 Å². The van der Waals surface area contributed by atoms with E-state index in [1.807, 2.05) is 4.90 Å². The predicted octanol–water partition coefficient (Wildman–Crippen LogP) is 3.82. The largest absolute Gasteiger partial charge is 0.497 e. The molecule has 0 bridgehead atoms. The van der Waals surface area contributed by atoms with Crippen LogP contribution in [0.4, 0.5) is 4.39 Å². The third-order valence-electron chi connectivity index (χ3n) is 4.37. The number of amides is 1. The first-order valence-corrected chi connectivity index (χ1v) is 7.92. The molecule has 5 heteroatoms. The van der Waals surface area contributed by atoms with Gasteiger partial charge in [0.05, 0.1) is 20.3 Å². The molecule has 0 spiro atoms. The second-order valence-electron chi connectivity index (χ2n) is 5.81. The van der Waals surface area contributed by atoms with Gasteiger partial charge in [0.25, 0.3) is 5.91 Å². The molecule has 1 saturated heterocycles. The van der Waals surface area contributed by atoms with Gasteiger partial charge in [-0.1, -0.05) is 12.1 Å². The van der Waals surface area contributed by atoms with Crippen molar-refractivity contribution in [1.29, 1.82) is 0 Å². The number of likely N-dealkylation sites (tertiary alicyclic amines) is 1. The highest BCUT2D eigenvalue weighted by atomic mass is 19.1. The number of carbonyl (C=O) groups is 1. The van der Waals surface area contributed by atoms with Crippen LogP contribution in [0.15, 0.2) is 42.5 Å². The number of hydrogen-bond acceptors (Lipinski definition) is 3. The normalized spacial score (nSPS) is 17.0. The molecule has 4 nitrogen and oxygen atoms in total. The van der Waals surface area contributed by atoms with Gasteiger partial charge >= 0.3 is 0 Å². The van der Waals surface area contributed by atoms with Gasteiger partial charge in [0.15, 0.2) is 0 Å². The number of halogens is 1. The average molecular weight is 329 g/mol. The van der Waals surface area contributed by atoms with Gasteiger partial charge < -0.3 is 14.4 Å². The Morgan fingerprint density at radius 2 is 1.71 bits per heavy atom. The fourth-order valence-electron chi connectivity index (χ4n) is 3.14. The van der Waals surface area contributed by atoms with Crippen molar-refractivity contribution in [2.45, 2.75) is 18.9 Å². The Bertz CT molecular complexity index is 708. The van der Waals surface area contributed by atoms with Crippen LogP contribution in [0.25, 0.3) is 0 Å². The van der Waals surface area contributed by atoms with Crippen LogP contribution in [0.1, 0.15) is 34.8 Å². The van der Waals surface area contributed by atoms with E-state index in [1.165, 1.54) is 12.1 Å². The van der Waals surface area contributed by atoms with E-state index in [1.54, 1.807) is 44.6 Å². The molecule has 1 fully saturated rings. The highest BCUT2D eigenvalue weighted by Crippen LogP contribution is 2.34. The van der Waals surface area contributed by atoms with Crippen molar-refractivity contribution in [2.24, 2.45) is 0 Å². The molecule has 0 N–H and O–H groups in total. The quantitative estimate of drug-likeness (QED) is 0.856. The third kappa shape index (κ3) is 3.20. The number of nitrogens with zero attached hydrogens (tertiary/aromatic N) is 1. The highest BCUT2D eigenvalue weighted by molar-refractivity contribution is 5.95. The zero-order chi connectivity index (χ0) is 17.1. The minimum atomic E-state index is -0.271. The van der Waals surface area contributed by atoms with Crippen molar-refractivity contribution in [1.82, 2.24) is 4.90 Å². The Labute approximate surface area is 140 Å². The Morgan fingerprint density at radius 1 is 1.08 bits per heavy atom. The lowest BCUT2D eigenvalue weighted by Crippen LogP contribution is -2.30. The summed E-state index contributed by atoms with van der Waals surface area (Å²) in [6.07, 6.45) is 1.80. The molecule has 24 heavy (non-hydrogen) atoms. The number of benzene rings is 2. The van der Waals surface area contributed by atoms with Crippen molar-refractivity contribution >= 4 is 5.91 Å². The molecule has 2 aromatic carbocycles. The van der Waals surface area contributed by atoms with Gasteiger partial charge in [-0.15, -0.1) is 0 Å². The molecule has 0 aromatic heterocycles. The van der Waals surface area contributed by atoms with Gasteiger partial charge in [-0.3, -0.25) is 4.79 Å². The number of hydrogen-bond donors (Lipinski definition) is 0. The van der Waals surface area contributed by atoms with Crippen LogP contribution in [-0.4, -0.2) is 31.6 Å². The summed E-state index contributed by atoms with van der Waals surface area (Å²) in [5.74, 6) is 0.816. The Morgan fingerprint density at radius 3 is 2.29 bits per heavy atom. The Kier molecular flexibility index (Phi) is 4.69. The molecular formula is C19H20FNO3. The predicted molar refractivity (Wildman–Crippen MR) is 89.0 cm³/mol. The van der Waals surface area contributed by atoms with Gasteiger partial charge in [0.1, 0.15) is 17.3 Å². The molecule has 0 unspecified atom stereocenters. The van der Waals surface area contributed by atoms with Gasteiger partial charge in [0, 0.05) is 18.2 Å². The monoisotopic (exact) mass is 329 g/mol. The molecule has 1 atom stereocenters. The van der Waals surface area contributed by atoms with Crippen molar-refractivity contribution in [3.63, 3.8) is 0 Å². The fourth-order valence-corrected chi connectivity index (χ4v) is 3.14. The van der Waals surface area contributed by atoms with Gasteiger partial charge in [0.2, 0.25) is 0 Å². The summed E-state index contributed by atoms with van der Waals surface area (Å²) in [7, 11) is 3.11. The molecule has 0 saturated carbocycles. The lowest BCUT2D eigenvalue weighted by atomic mass is 10.0. The Balaban J connectivity index is 1.89. The van der Waals surface area contributed by atoms with Crippen LogP contribution in [0.2, 0.25) is 0 Å². The zero-order valence-corrected chi connectivity index (χ0v) is 13.8. The maximum absolute atomic E-state index is 13.2. The summed E-state index contributed by atoms with van der Waals surface area (Å²) in [6.45, 7) is 0.681. The molecule has 1 amide bonds. The van der Waals surface area contributed by atoms with E-state index in [0.717, 1.165) is 18.4 Å². The molecule has 3 rings (SSSR count). The van der Waals surface area contributed by atoms with Crippen LogP contribution in [0.5, 0.6) is 11.5 Å². The van der Waals surface area contributed by atoms with E-state index >= 15 is 0 Å². The second-order valence-corrected chi connectivity index (χ2v) is 5.81. The van der Waals surface area contributed by atoms with Gasteiger partial charge in [-0.05, 0) is 42.7 Å². The van der Waals surface area contributed by atoms with Crippen molar-refractivity contribution in [3.05, 3.63) is 59.4 Å². The molecule has 126 valence electrons. The average Bonchev–Trinajstić information content (AvgIpc) is 3.10. The maximum atomic E-state index is 13.2. The van der Waals surface area contributed by atoms with Crippen LogP contribution < -0.4 is 9.47 Å². The van der Waals surface area contributed by atoms with E-state index in [4.69, 9.17) is 9.47 Å². The minimum absolute atomic E-state index is 0.0321. The molecule has 0 aliphatic carbocycles. The van der Waals surface area contributed by atoms with E-state index in [9.17, 15) is 9.18 Å². The summed E-state index contributed by atoms with van der Waals surface area (Å²) >= 11 is 0. The number of rotatable bonds is 4. The smallest absolute Gasteiger partial charge is 0.254 e. The van der Waals surface area contributed by atoms with Crippen LogP contribution in [0, 0.1) is 5.82 Å². The van der Waals surface area contributed by atoms with E-state index in [2.05, 4.69) is 0 Å². The van der Waals surface area contributed by atoms with Gasteiger partial charge in [-0.25, -0.2) is 4.39 Å². The van der Waals surface area contributed by atoms with E-state index in [0.29, 0.717) is 23.6 Å². The van der Waals surface area contributed by atoms with Crippen LogP contribution >= 0.6 is 0 Å². The topological polar surface area (TPSA) is 38.8 Å². The molecule has 1 heterocycles. The van der Waals surface area contributed by atoms with E-state index in [-0.39, 0.29) is 17.8 Å². The molecule has 0 radical (unpaired) electrons. The number of methoxy groups -OCH3 is 2. The first-order chi connectivity index (χ1) is 11.6. The SMILES string of the molecule is COc1cc(OC)cc(C(=O)N2CCC[C@@H]2c2ccc(F)cc2)c1. The number of carbonyl (C=O) groups excluding carboxylic acids is 1.